The van der Waals surface area contributed by atoms with Crippen molar-refractivity contribution in [2.24, 2.45) is 0 Å². The van der Waals surface area contributed by atoms with E-state index in [0.717, 1.165) is 45.2 Å². The van der Waals surface area contributed by atoms with E-state index >= 15 is 0 Å². The second-order valence-electron chi connectivity index (χ2n) is 6.45. The van der Waals surface area contributed by atoms with Crippen molar-refractivity contribution in [1.29, 1.82) is 0 Å². The summed E-state index contributed by atoms with van der Waals surface area (Å²) in [5, 5.41) is 0.966. The molecular formula is C22H22N4S. The molecule has 4 aromatic rings. The van der Waals surface area contributed by atoms with Crippen molar-refractivity contribution in [3.63, 3.8) is 0 Å². The van der Waals surface area contributed by atoms with Crippen LogP contribution < -0.4 is 4.90 Å². The van der Waals surface area contributed by atoms with Crippen LogP contribution >= 0.6 is 11.3 Å². The lowest BCUT2D eigenvalue weighted by Crippen LogP contribution is -2.21. The fraction of sp³-hybridized carbons (Fsp3) is 0.227. The molecule has 0 bridgehead atoms. The molecule has 0 N–H and O–H groups in total. The minimum absolute atomic E-state index is 0.721. The number of thiazole rings is 1. The minimum atomic E-state index is 0.721. The van der Waals surface area contributed by atoms with Gasteiger partial charge in [0.15, 0.2) is 10.5 Å². The molecule has 0 spiro atoms. The van der Waals surface area contributed by atoms with E-state index < -0.39 is 0 Å². The summed E-state index contributed by atoms with van der Waals surface area (Å²) in [6.45, 7) is 8.49. The zero-order valence-corrected chi connectivity index (χ0v) is 16.6. The van der Waals surface area contributed by atoms with Crippen molar-refractivity contribution in [2.75, 3.05) is 18.0 Å². The highest BCUT2D eigenvalue weighted by Crippen LogP contribution is 2.28. The summed E-state index contributed by atoms with van der Waals surface area (Å²) in [5.74, 6) is 0. The normalized spacial score (nSPS) is 12.0. The van der Waals surface area contributed by atoms with E-state index in [1.54, 1.807) is 11.3 Å². The van der Waals surface area contributed by atoms with Crippen molar-refractivity contribution in [3.8, 4) is 0 Å². The standard InChI is InChI=1S/C22H22N4S/c1-4-26(5-2)17-12-10-16(11-13-17)14-15(3)21-25-20-22(27-21)24-19-9-7-6-8-18(19)23-20/h6-14H,4-5H2,1-3H3/b15-14+. The van der Waals surface area contributed by atoms with Crippen LogP contribution in [-0.2, 0) is 0 Å². The van der Waals surface area contributed by atoms with Crippen LogP contribution in [0.3, 0.4) is 0 Å². The maximum atomic E-state index is 4.70. The summed E-state index contributed by atoms with van der Waals surface area (Å²) in [5.41, 5.74) is 6.07. The summed E-state index contributed by atoms with van der Waals surface area (Å²) in [4.78, 5) is 17.3. The van der Waals surface area contributed by atoms with Gasteiger partial charge in [-0.2, -0.15) is 0 Å². The lowest BCUT2D eigenvalue weighted by molar-refractivity contribution is 0.866. The number of rotatable bonds is 5. The molecule has 0 atom stereocenters. The van der Waals surface area contributed by atoms with E-state index in [-0.39, 0.29) is 0 Å². The number of allylic oxidation sites excluding steroid dienone is 1. The Kier molecular flexibility index (Phi) is 4.86. The van der Waals surface area contributed by atoms with Crippen LogP contribution in [0.1, 0.15) is 31.3 Å². The molecule has 27 heavy (non-hydrogen) atoms. The highest BCUT2D eigenvalue weighted by molar-refractivity contribution is 7.19. The summed E-state index contributed by atoms with van der Waals surface area (Å²) >= 11 is 1.59. The van der Waals surface area contributed by atoms with Crippen LogP contribution in [0, 0.1) is 0 Å². The van der Waals surface area contributed by atoms with Gasteiger partial charge in [0, 0.05) is 18.8 Å². The van der Waals surface area contributed by atoms with Gasteiger partial charge in [-0.05, 0) is 62.2 Å². The fourth-order valence-electron chi connectivity index (χ4n) is 3.18. The maximum absolute atomic E-state index is 4.70. The van der Waals surface area contributed by atoms with Crippen LogP contribution in [-0.4, -0.2) is 28.0 Å². The fourth-order valence-corrected chi connectivity index (χ4v) is 4.04. The molecule has 0 saturated heterocycles. The van der Waals surface area contributed by atoms with E-state index in [0.29, 0.717) is 0 Å². The largest absolute Gasteiger partial charge is 0.372 e. The van der Waals surface area contributed by atoms with Gasteiger partial charge < -0.3 is 4.90 Å². The van der Waals surface area contributed by atoms with Gasteiger partial charge in [0.1, 0.15) is 5.01 Å². The molecule has 0 radical (unpaired) electrons. The molecule has 2 aromatic carbocycles. The molecular weight excluding hydrogens is 352 g/mol. The Morgan fingerprint density at radius 3 is 2.26 bits per heavy atom. The van der Waals surface area contributed by atoms with Gasteiger partial charge in [-0.3, -0.25) is 0 Å². The Hall–Kier alpha value is -2.79. The molecule has 2 aromatic heterocycles. The van der Waals surface area contributed by atoms with E-state index in [2.05, 4.69) is 61.0 Å². The monoisotopic (exact) mass is 374 g/mol. The van der Waals surface area contributed by atoms with Crippen molar-refractivity contribution >= 4 is 50.2 Å². The number of hydrogen-bond donors (Lipinski definition) is 0. The topological polar surface area (TPSA) is 41.9 Å². The average molecular weight is 375 g/mol. The van der Waals surface area contributed by atoms with Gasteiger partial charge in [0.05, 0.1) is 11.0 Å². The summed E-state index contributed by atoms with van der Waals surface area (Å²) in [6, 6.07) is 16.6. The third kappa shape index (κ3) is 3.55. The van der Waals surface area contributed by atoms with E-state index in [1.807, 2.05) is 24.3 Å². The molecule has 0 aliphatic carbocycles. The Balaban J connectivity index is 1.65. The van der Waals surface area contributed by atoms with Gasteiger partial charge >= 0.3 is 0 Å². The van der Waals surface area contributed by atoms with Crippen LogP contribution in [0.5, 0.6) is 0 Å². The number of anilines is 1. The molecule has 4 nitrogen and oxygen atoms in total. The van der Waals surface area contributed by atoms with E-state index in [1.165, 1.54) is 11.3 Å². The smallest absolute Gasteiger partial charge is 0.190 e. The third-order valence-corrected chi connectivity index (χ3v) is 5.74. The molecule has 0 aliphatic rings. The highest BCUT2D eigenvalue weighted by Gasteiger charge is 2.10. The molecule has 2 heterocycles. The zero-order valence-electron chi connectivity index (χ0n) is 15.8. The SMILES string of the molecule is CCN(CC)c1ccc(/C=C(\C)c2nc3nc4ccccc4nc3s2)cc1. The lowest BCUT2D eigenvalue weighted by Gasteiger charge is -2.20. The second-order valence-corrected chi connectivity index (χ2v) is 7.43. The van der Waals surface area contributed by atoms with E-state index in [4.69, 9.17) is 9.97 Å². The maximum Gasteiger partial charge on any atom is 0.190 e. The number of benzene rings is 2. The van der Waals surface area contributed by atoms with E-state index in [9.17, 15) is 0 Å². The quantitative estimate of drug-likeness (QED) is 0.453. The molecule has 0 fully saturated rings. The molecule has 0 aliphatic heterocycles. The summed E-state index contributed by atoms with van der Waals surface area (Å²) < 4.78 is 0. The van der Waals surface area contributed by atoms with Gasteiger partial charge in [-0.1, -0.05) is 35.6 Å². The van der Waals surface area contributed by atoms with Gasteiger partial charge in [-0.25, -0.2) is 15.0 Å². The Bertz CT molecular complexity index is 1060. The third-order valence-electron chi connectivity index (χ3n) is 4.66. The molecule has 0 saturated carbocycles. The average Bonchev–Trinajstić information content (AvgIpc) is 3.11. The first-order valence-corrected chi connectivity index (χ1v) is 10.1. The van der Waals surface area contributed by atoms with Gasteiger partial charge in [-0.15, -0.1) is 0 Å². The first kappa shape index (κ1) is 17.6. The molecule has 0 unspecified atom stereocenters. The van der Waals surface area contributed by atoms with Gasteiger partial charge in [0.25, 0.3) is 0 Å². The molecule has 4 rings (SSSR count). The summed E-state index contributed by atoms with van der Waals surface area (Å²) in [6.07, 6.45) is 2.17. The predicted octanol–water partition coefficient (Wildman–Crippen LogP) is 5.65. The van der Waals surface area contributed by atoms with Crippen molar-refractivity contribution < 1.29 is 0 Å². The highest BCUT2D eigenvalue weighted by atomic mass is 32.1. The zero-order chi connectivity index (χ0) is 18.8. The van der Waals surface area contributed by atoms with Crippen LogP contribution in [0.25, 0.3) is 33.2 Å². The Labute approximate surface area is 163 Å². The molecule has 136 valence electrons. The predicted molar refractivity (Wildman–Crippen MR) is 116 cm³/mol. The Morgan fingerprint density at radius 2 is 1.59 bits per heavy atom. The molecule has 0 amide bonds. The van der Waals surface area contributed by atoms with Crippen LogP contribution in [0.4, 0.5) is 5.69 Å². The van der Waals surface area contributed by atoms with Crippen LogP contribution in [0.15, 0.2) is 48.5 Å². The summed E-state index contributed by atoms with van der Waals surface area (Å²) in [7, 11) is 0. The number of nitrogens with zero attached hydrogens (tertiary/aromatic N) is 4. The second kappa shape index (κ2) is 7.45. The Morgan fingerprint density at radius 1 is 0.926 bits per heavy atom. The van der Waals surface area contributed by atoms with Crippen molar-refractivity contribution in [2.45, 2.75) is 20.8 Å². The number of hydrogen-bond acceptors (Lipinski definition) is 5. The van der Waals surface area contributed by atoms with Crippen molar-refractivity contribution in [3.05, 3.63) is 59.1 Å². The minimum Gasteiger partial charge on any atom is -0.372 e. The lowest BCUT2D eigenvalue weighted by atomic mass is 10.1. The van der Waals surface area contributed by atoms with Gasteiger partial charge in [0.2, 0.25) is 0 Å². The first-order chi connectivity index (χ1) is 13.2. The van der Waals surface area contributed by atoms with Crippen molar-refractivity contribution in [1.82, 2.24) is 15.0 Å². The number of para-hydroxylation sites is 2. The van der Waals surface area contributed by atoms with Crippen LogP contribution in [0.2, 0.25) is 0 Å². The number of fused-ring (bicyclic) bond motifs is 2. The number of aromatic nitrogens is 3. The first-order valence-electron chi connectivity index (χ1n) is 9.25. The molecule has 5 heteroatoms.